The lowest BCUT2D eigenvalue weighted by molar-refractivity contribution is 0.342. The van der Waals surface area contributed by atoms with Crippen molar-refractivity contribution in [3.63, 3.8) is 0 Å². The molecule has 0 aromatic carbocycles. The molecule has 2 N–H and O–H groups in total. The van der Waals surface area contributed by atoms with E-state index < -0.39 is 0 Å². The van der Waals surface area contributed by atoms with Gasteiger partial charge in [0.25, 0.3) is 5.88 Å². The molecule has 0 radical (unpaired) electrons. The van der Waals surface area contributed by atoms with Crippen LogP contribution in [0.15, 0.2) is 28.0 Å². The van der Waals surface area contributed by atoms with E-state index in [1.165, 1.54) is 11.7 Å². The molecule has 0 aliphatic carbocycles. The number of methoxy groups -OCH3 is 1. The fraction of sp³-hybridized carbons (Fsp3) is 0.167. The number of allylic oxidation sites excluding steroid dienone is 1. The molecular weight excluding hydrogens is 294 g/mol. The zero-order valence-electron chi connectivity index (χ0n) is 11.0. The van der Waals surface area contributed by atoms with Crippen molar-refractivity contribution in [1.29, 1.82) is 0 Å². The van der Waals surface area contributed by atoms with Crippen LogP contribution < -0.4 is 10.4 Å². The van der Waals surface area contributed by atoms with Gasteiger partial charge in [0.05, 0.1) is 13.2 Å². The maximum atomic E-state index is 11.9. The summed E-state index contributed by atoms with van der Waals surface area (Å²) in [7, 11) is 1.48. The number of aromatic amines is 2. The monoisotopic (exact) mass is 305 g/mol. The molecule has 0 aliphatic heterocycles. The van der Waals surface area contributed by atoms with Crippen molar-refractivity contribution in [2.45, 2.75) is 6.54 Å². The molecule has 3 rings (SSSR count). The number of H-pyrrole nitrogens is 2. The van der Waals surface area contributed by atoms with E-state index in [0.717, 1.165) is 0 Å². The first-order valence-electron chi connectivity index (χ1n) is 5.99. The average Bonchev–Trinajstić information content (AvgIpc) is 3.09. The maximum Gasteiger partial charge on any atom is 0.328 e. The summed E-state index contributed by atoms with van der Waals surface area (Å²) < 4.78 is 11.8. The lowest BCUT2D eigenvalue weighted by Crippen LogP contribution is -2.23. The van der Waals surface area contributed by atoms with Crippen LogP contribution in [-0.4, -0.2) is 31.8 Å². The number of fused-ring (bicyclic) bond motifs is 1. The topological polar surface area (TPSA) is 102 Å². The number of nitrogens with one attached hydrogen (secondary N) is 2. The molecule has 3 heterocycles. The van der Waals surface area contributed by atoms with Crippen molar-refractivity contribution in [3.05, 3.63) is 33.8 Å². The third-order valence-corrected chi connectivity index (χ3v) is 3.18. The van der Waals surface area contributed by atoms with Crippen molar-refractivity contribution >= 4 is 23.4 Å². The van der Waals surface area contributed by atoms with Gasteiger partial charge in [0.1, 0.15) is 10.2 Å². The van der Waals surface area contributed by atoms with E-state index in [4.69, 9.17) is 21.5 Å². The summed E-state index contributed by atoms with van der Waals surface area (Å²) in [5, 5.41) is 3.70. The lowest BCUT2D eigenvalue weighted by atomic mass is 10.4. The lowest BCUT2D eigenvalue weighted by Gasteiger charge is -2.01. The highest BCUT2D eigenvalue weighted by atomic mass is 32.1. The summed E-state index contributed by atoms with van der Waals surface area (Å²) >= 11 is 5.14. The minimum Gasteiger partial charge on any atom is -0.479 e. The van der Waals surface area contributed by atoms with Gasteiger partial charge in [-0.1, -0.05) is 18.3 Å². The van der Waals surface area contributed by atoms with E-state index in [-0.39, 0.29) is 10.3 Å². The SMILES string of the molecule is C=CCn1c(=O)[nH]c(=S)c2[nH]c(-c3cc(OC)no3)nc21. The third kappa shape index (κ3) is 2.17. The van der Waals surface area contributed by atoms with Crippen molar-refractivity contribution in [2.24, 2.45) is 0 Å². The highest BCUT2D eigenvalue weighted by Gasteiger charge is 2.15. The first-order chi connectivity index (χ1) is 10.1. The molecule has 9 heteroatoms. The van der Waals surface area contributed by atoms with Gasteiger partial charge in [0, 0.05) is 6.54 Å². The molecule has 0 bridgehead atoms. The fourth-order valence-electron chi connectivity index (χ4n) is 1.92. The predicted octanol–water partition coefficient (Wildman–Crippen LogP) is 1.63. The van der Waals surface area contributed by atoms with Gasteiger partial charge in [-0.15, -0.1) is 6.58 Å². The first kappa shape index (κ1) is 13.3. The molecule has 8 nitrogen and oxygen atoms in total. The summed E-state index contributed by atoms with van der Waals surface area (Å²) in [6.45, 7) is 3.93. The van der Waals surface area contributed by atoms with Gasteiger partial charge in [-0.3, -0.25) is 9.55 Å². The largest absolute Gasteiger partial charge is 0.479 e. The Morgan fingerprint density at radius 1 is 1.57 bits per heavy atom. The summed E-state index contributed by atoms with van der Waals surface area (Å²) in [4.78, 5) is 21.9. The number of hydrogen-bond acceptors (Lipinski definition) is 6. The van der Waals surface area contributed by atoms with E-state index in [0.29, 0.717) is 35.2 Å². The Hall–Kier alpha value is -2.68. The van der Waals surface area contributed by atoms with E-state index >= 15 is 0 Å². The molecular formula is C12H11N5O3S. The summed E-state index contributed by atoms with van der Waals surface area (Å²) in [6, 6.07) is 1.58. The van der Waals surface area contributed by atoms with Gasteiger partial charge in [0.2, 0.25) is 5.76 Å². The Balaban J connectivity index is 2.25. The highest BCUT2D eigenvalue weighted by Crippen LogP contribution is 2.23. The molecule has 0 saturated carbocycles. The standard InChI is InChI=1S/C12H11N5O3S/c1-3-4-17-10-8(11(21)15-12(17)18)13-9(14-10)6-5-7(19-2)16-20-6/h3,5H,1,4H2,2H3,(H,13,14)(H,15,18,21). The van der Waals surface area contributed by atoms with Gasteiger partial charge in [0.15, 0.2) is 11.5 Å². The molecule has 0 spiro atoms. The van der Waals surface area contributed by atoms with E-state index in [1.807, 2.05) is 0 Å². The summed E-state index contributed by atoms with van der Waals surface area (Å²) in [5.74, 6) is 1.12. The predicted molar refractivity (Wildman–Crippen MR) is 77.8 cm³/mol. The molecule has 0 fully saturated rings. The zero-order chi connectivity index (χ0) is 15.0. The van der Waals surface area contributed by atoms with Crippen molar-refractivity contribution < 1.29 is 9.26 Å². The molecule has 0 amide bonds. The fourth-order valence-corrected chi connectivity index (χ4v) is 2.15. The zero-order valence-corrected chi connectivity index (χ0v) is 11.9. The number of hydrogen-bond donors (Lipinski definition) is 2. The number of nitrogens with zero attached hydrogens (tertiary/aromatic N) is 3. The minimum absolute atomic E-state index is 0.278. The van der Waals surface area contributed by atoms with Crippen molar-refractivity contribution in [2.75, 3.05) is 7.11 Å². The smallest absolute Gasteiger partial charge is 0.328 e. The van der Waals surface area contributed by atoms with Crippen molar-refractivity contribution in [3.8, 4) is 17.5 Å². The van der Waals surface area contributed by atoms with E-state index in [2.05, 4.69) is 26.7 Å². The number of rotatable bonds is 4. The maximum absolute atomic E-state index is 11.9. The van der Waals surface area contributed by atoms with Gasteiger partial charge in [-0.2, -0.15) is 0 Å². The summed E-state index contributed by atoms with van der Waals surface area (Å²) in [6.07, 6.45) is 1.60. The minimum atomic E-state index is -0.347. The molecule has 0 aliphatic rings. The van der Waals surface area contributed by atoms with E-state index in [9.17, 15) is 4.79 Å². The van der Waals surface area contributed by atoms with Gasteiger partial charge in [-0.05, 0) is 5.16 Å². The third-order valence-electron chi connectivity index (χ3n) is 2.88. The average molecular weight is 305 g/mol. The van der Waals surface area contributed by atoms with Crippen LogP contribution in [0, 0.1) is 4.64 Å². The van der Waals surface area contributed by atoms with Gasteiger partial charge < -0.3 is 14.2 Å². The van der Waals surface area contributed by atoms with Gasteiger partial charge >= 0.3 is 5.69 Å². The second kappa shape index (κ2) is 5.02. The number of imidazole rings is 1. The second-order valence-corrected chi connectivity index (χ2v) is 4.58. The van der Waals surface area contributed by atoms with Crippen LogP contribution in [0.4, 0.5) is 0 Å². The highest BCUT2D eigenvalue weighted by molar-refractivity contribution is 7.71. The first-order valence-corrected chi connectivity index (χ1v) is 6.39. The number of ether oxygens (including phenoxy) is 1. The van der Waals surface area contributed by atoms with Crippen molar-refractivity contribution in [1.82, 2.24) is 24.7 Å². The molecule has 0 unspecified atom stereocenters. The second-order valence-electron chi connectivity index (χ2n) is 4.18. The molecule has 3 aromatic heterocycles. The number of aromatic nitrogens is 5. The Bertz CT molecular complexity index is 932. The van der Waals surface area contributed by atoms with Gasteiger partial charge in [-0.25, -0.2) is 9.78 Å². The quantitative estimate of drug-likeness (QED) is 0.561. The van der Waals surface area contributed by atoms with Crippen LogP contribution in [0.3, 0.4) is 0 Å². The van der Waals surface area contributed by atoms with Crippen LogP contribution in [-0.2, 0) is 6.54 Å². The molecule has 3 aromatic rings. The van der Waals surface area contributed by atoms with E-state index in [1.54, 1.807) is 12.1 Å². The Morgan fingerprint density at radius 3 is 3.05 bits per heavy atom. The summed E-state index contributed by atoms with van der Waals surface area (Å²) in [5.41, 5.74) is 0.617. The molecule has 0 saturated heterocycles. The Labute approximate surface area is 123 Å². The molecule has 108 valence electrons. The Morgan fingerprint density at radius 2 is 2.38 bits per heavy atom. The van der Waals surface area contributed by atoms with Crippen LogP contribution in [0.1, 0.15) is 0 Å². The normalized spacial score (nSPS) is 10.9. The molecule has 0 atom stereocenters. The van der Waals surface area contributed by atoms with Crippen LogP contribution in [0.25, 0.3) is 22.7 Å². The Kier molecular flexibility index (Phi) is 3.18. The van der Waals surface area contributed by atoms with Crippen LogP contribution in [0.2, 0.25) is 0 Å². The van der Waals surface area contributed by atoms with Crippen LogP contribution >= 0.6 is 12.2 Å². The molecule has 21 heavy (non-hydrogen) atoms. The van der Waals surface area contributed by atoms with Crippen LogP contribution in [0.5, 0.6) is 5.88 Å².